The molecule has 2 heterocycles. The summed E-state index contributed by atoms with van der Waals surface area (Å²) in [6.45, 7) is 2.44. The Hall–Kier alpha value is -2.74. The van der Waals surface area contributed by atoms with Crippen LogP contribution >= 0.6 is 0 Å². The van der Waals surface area contributed by atoms with Gasteiger partial charge in [0.15, 0.2) is 0 Å². The largest absolute Gasteiger partial charge is 0.383 e. The Bertz CT molecular complexity index is 765. The van der Waals surface area contributed by atoms with Gasteiger partial charge in [0.05, 0.1) is 12.3 Å². The monoisotopic (exact) mass is 373 g/mol. The fourth-order valence-electron chi connectivity index (χ4n) is 3.03. The number of anilines is 3. The third kappa shape index (κ3) is 5.13. The number of hydrogen-bond acceptors (Lipinski definition) is 6. The van der Waals surface area contributed by atoms with Crippen molar-refractivity contribution in [1.82, 2.24) is 15.3 Å². The molecule has 0 radical (unpaired) electrons. The highest BCUT2D eigenvalue weighted by molar-refractivity contribution is 5.78. The van der Waals surface area contributed by atoms with E-state index < -0.39 is 0 Å². The van der Waals surface area contributed by atoms with E-state index in [1.54, 1.807) is 37.6 Å². The van der Waals surface area contributed by atoms with Gasteiger partial charge in [-0.25, -0.2) is 9.37 Å². The molecule has 7 nitrogen and oxygen atoms in total. The molecular formula is C19H24FN5O2. The van der Waals surface area contributed by atoms with Crippen LogP contribution in [0.2, 0.25) is 0 Å². The van der Waals surface area contributed by atoms with Crippen molar-refractivity contribution in [2.24, 2.45) is 5.92 Å². The van der Waals surface area contributed by atoms with Gasteiger partial charge < -0.3 is 20.3 Å². The highest BCUT2D eigenvalue weighted by Gasteiger charge is 2.26. The number of amides is 1. The zero-order chi connectivity index (χ0) is 19.1. The molecule has 0 spiro atoms. The number of piperidine rings is 1. The van der Waals surface area contributed by atoms with Crippen LogP contribution in [0.4, 0.5) is 21.8 Å². The number of carbonyl (C=O) groups is 1. The van der Waals surface area contributed by atoms with Crippen molar-refractivity contribution in [3.05, 3.63) is 42.3 Å². The van der Waals surface area contributed by atoms with E-state index in [0.717, 1.165) is 12.8 Å². The molecule has 1 aliphatic rings. The summed E-state index contributed by atoms with van der Waals surface area (Å²) in [4.78, 5) is 23.0. The number of aromatic nitrogens is 2. The van der Waals surface area contributed by atoms with E-state index >= 15 is 0 Å². The normalized spacial score (nSPS) is 14.8. The third-order valence-corrected chi connectivity index (χ3v) is 4.53. The summed E-state index contributed by atoms with van der Waals surface area (Å²) in [5.41, 5.74) is 0.369. The second-order valence-corrected chi connectivity index (χ2v) is 6.39. The van der Waals surface area contributed by atoms with Gasteiger partial charge in [0.2, 0.25) is 11.9 Å². The number of hydrogen-bond donors (Lipinski definition) is 2. The molecule has 1 aliphatic heterocycles. The molecule has 0 atom stereocenters. The van der Waals surface area contributed by atoms with E-state index in [0.29, 0.717) is 43.7 Å². The Balaban J connectivity index is 1.57. The van der Waals surface area contributed by atoms with Crippen LogP contribution in [-0.2, 0) is 9.53 Å². The van der Waals surface area contributed by atoms with Gasteiger partial charge in [-0.3, -0.25) is 4.79 Å². The zero-order valence-electron chi connectivity index (χ0n) is 15.3. The van der Waals surface area contributed by atoms with Crippen LogP contribution in [0.1, 0.15) is 12.8 Å². The molecule has 2 N–H and O–H groups in total. The van der Waals surface area contributed by atoms with Crippen LogP contribution < -0.4 is 15.5 Å². The topological polar surface area (TPSA) is 79.4 Å². The highest BCUT2D eigenvalue weighted by atomic mass is 19.1. The molecule has 8 heteroatoms. The van der Waals surface area contributed by atoms with Crippen molar-refractivity contribution in [2.75, 3.05) is 43.6 Å². The van der Waals surface area contributed by atoms with Crippen molar-refractivity contribution < 1.29 is 13.9 Å². The number of rotatable bonds is 7. The highest BCUT2D eigenvalue weighted by Crippen LogP contribution is 2.23. The van der Waals surface area contributed by atoms with E-state index in [1.165, 1.54) is 6.07 Å². The molecule has 0 unspecified atom stereocenters. The van der Waals surface area contributed by atoms with Gasteiger partial charge in [0, 0.05) is 38.9 Å². The average Bonchev–Trinajstić information content (AvgIpc) is 2.70. The lowest BCUT2D eigenvalue weighted by Gasteiger charge is -2.31. The number of nitrogens with zero attached hydrogens (tertiary/aromatic N) is 3. The lowest BCUT2D eigenvalue weighted by molar-refractivity contribution is -0.125. The van der Waals surface area contributed by atoms with Crippen molar-refractivity contribution in [3.8, 4) is 0 Å². The van der Waals surface area contributed by atoms with E-state index in [-0.39, 0.29) is 17.6 Å². The Kier molecular flexibility index (Phi) is 6.54. The van der Waals surface area contributed by atoms with Crippen LogP contribution in [0.25, 0.3) is 0 Å². The number of carbonyl (C=O) groups excluding carboxylic acids is 1. The predicted molar refractivity (Wildman–Crippen MR) is 102 cm³/mol. The van der Waals surface area contributed by atoms with Gasteiger partial charge >= 0.3 is 0 Å². The second kappa shape index (κ2) is 9.27. The van der Waals surface area contributed by atoms with Gasteiger partial charge in [0.1, 0.15) is 11.6 Å². The molecular weight excluding hydrogens is 349 g/mol. The first kappa shape index (κ1) is 19.0. The first-order valence-electron chi connectivity index (χ1n) is 9.03. The van der Waals surface area contributed by atoms with Crippen molar-refractivity contribution >= 4 is 23.4 Å². The number of para-hydroxylation sites is 1. The molecule has 144 valence electrons. The molecule has 0 aliphatic carbocycles. The minimum absolute atomic E-state index is 0.00201. The molecule has 1 amide bonds. The maximum Gasteiger partial charge on any atom is 0.227 e. The van der Waals surface area contributed by atoms with Crippen LogP contribution in [0, 0.1) is 11.7 Å². The van der Waals surface area contributed by atoms with Gasteiger partial charge in [-0.1, -0.05) is 12.1 Å². The average molecular weight is 373 g/mol. The van der Waals surface area contributed by atoms with Crippen LogP contribution in [0.5, 0.6) is 0 Å². The van der Waals surface area contributed by atoms with Gasteiger partial charge in [-0.15, -0.1) is 0 Å². The standard InChI is InChI=1S/C19H24FN5O2/c1-27-13-10-21-18(26)14-7-11-25(12-8-14)19-22-9-6-17(24-19)23-16-5-3-2-4-15(16)20/h2-6,9,14H,7-8,10-13H2,1H3,(H,21,26)(H,22,23,24). The fraction of sp³-hybridized carbons (Fsp3) is 0.421. The summed E-state index contributed by atoms with van der Waals surface area (Å²) in [6, 6.07) is 8.15. The Morgan fingerprint density at radius 3 is 2.81 bits per heavy atom. The number of nitrogens with one attached hydrogen (secondary N) is 2. The van der Waals surface area contributed by atoms with Crippen LogP contribution in [0.15, 0.2) is 36.5 Å². The predicted octanol–water partition coefficient (Wildman–Crippen LogP) is 2.34. The maximum absolute atomic E-state index is 13.8. The molecule has 0 bridgehead atoms. The molecule has 1 fully saturated rings. The number of methoxy groups -OCH3 is 1. The lowest BCUT2D eigenvalue weighted by atomic mass is 9.96. The molecule has 0 saturated carbocycles. The van der Waals surface area contributed by atoms with Gasteiger partial charge in [-0.05, 0) is 31.0 Å². The summed E-state index contributed by atoms with van der Waals surface area (Å²) in [5, 5.41) is 5.87. The molecule has 27 heavy (non-hydrogen) atoms. The van der Waals surface area contributed by atoms with E-state index in [2.05, 4.69) is 20.6 Å². The van der Waals surface area contributed by atoms with E-state index in [9.17, 15) is 9.18 Å². The van der Waals surface area contributed by atoms with Crippen LogP contribution in [0.3, 0.4) is 0 Å². The minimum Gasteiger partial charge on any atom is -0.383 e. The second-order valence-electron chi connectivity index (χ2n) is 6.39. The summed E-state index contributed by atoms with van der Waals surface area (Å²) < 4.78 is 18.7. The van der Waals surface area contributed by atoms with E-state index in [4.69, 9.17) is 4.74 Å². The number of halogens is 1. The molecule has 1 aromatic heterocycles. The Labute approximate surface area is 158 Å². The minimum atomic E-state index is -0.335. The van der Waals surface area contributed by atoms with Crippen molar-refractivity contribution in [3.63, 3.8) is 0 Å². The zero-order valence-corrected chi connectivity index (χ0v) is 15.3. The molecule has 3 rings (SSSR count). The SMILES string of the molecule is COCCNC(=O)C1CCN(c2nccc(Nc3ccccc3F)n2)CC1. The molecule has 2 aromatic rings. The fourth-order valence-corrected chi connectivity index (χ4v) is 3.03. The van der Waals surface area contributed by atoms with Crippen LogP contribution in [-0.4, -0.2) is 49.2 Å². The van der Waals surface area contributed by atoms with Gasteiger partial charge in [0.25, 0.3) is 0 Å². The Morgan fingerprint density at radius 2 is 2.07 bits per heavy atom. The molecule has 1 saturated heterocycles. The quantitative estimate of drug-likeness (QED) is 0.726. The smallest absolute Gasteiger partial charge is 0.227 e. The van der Waals surface area contributed by atoms with Crippen molar-refractivity contribution in [2.45, 2.75) is 12.8 Å². The Morgan fingerprint density at radius 1 is 1.30 bits per heavy atom. The number of ether oxygens (including phenoxy) is 1. The van der Waals surface area contributed by atoms with E-state index in [1.807, 2.05) is 4.90 Å². The first-order valence-corrected chi connectivity index (χ1v) is 9.03. The maximum atomic E-state index is 13.8. The summed E-state index contributed by atoms with van der Waals surface area (Å²) in [6.07, 6.45) is 3.13. The third-order valence-electron chi connectivity index (χ3n) is 4.53. The lowest BCUT2D eigenvalue weighted by Crippen LogP contribution is -2.41. The summed E-state index contributed by atoms with van der Waals surface area (Å²) in [7, 11) is 1.61. The summed E-state index contributed by atoms with van der Waals surface area (Å²) >= 11 is 0. The molecule has 1 aromatic carbocycles. The summed E-state index contributed by atoms with van der Waals surface area (Å²) in [5.74, 6) is 0.845. The van der Waals surface area contributed by atoms with Crippen molar-refractivity contribution in [1.29, 1.82) is 0 Å². The first-order chi connectivity index (χ1) is 13.2. The number of benzene rings is 1. The van der Waals surface area contributed by atoms with Gasteiger partial charge in [-0.2, -0.15) is 4.98 Å².